The molecule has 3 amide bonds. The van der Waals surface area contributed by atoms with Gasteiger partial charge in [-0.05, 0) is 258 Å². The van der Waals surface area contributed by atoms with Crippen LogP contribution in [0.3, 0.4) is 0 Å². The molecule has 664 valence electrons. The average molecular weight is 1880 g/mol. The molecule has 0 aliphatic heterocycles. The molecule has 8 aromatic carbocycles. The Hall–Kier alpha value is -11.3. The summed E-state index contributed by atoms with van der Waals surface area (Å²) in [4.78, 5) is 90.0. The molecule has 0 aliphatic carbocycles. The monoisotopic (exact) mass is 1880 g/mol. The minimum absolute atomic E-state index is 0.0671. The minimum Gasteiger partial charge on any atom is -0.508 e. The number of carboxylic acid groups (broad SMARTS) is 3. The Kier molecular flexibility index (Phi) is 52.6. The molecule has 3 heterocycles. The van der Waals surface area contributed by atoms with Gasteiger partial charge in [0.15, 0.2) is 0 Å². The Morgan fingerprint density at radius 2 is 0.577 bits per heavy atom. The van der Waals surface area contributed by atoms with E-state index in [2.05, 4.69) is 27.4 Å². The van der Waals surface area contributed by atoms with Crippen molar-refractivity contribution in [2.45, 2.75) is 93.0 Å². The number of carbonyl (C=O) groups excluding carboxylic acids is 5. The summed E-state index contributed by atoms with van der Waals surface area (Å²) in [6, 6.07) is 60.0. The first-order valence-corrected chi connectivity index (χ1v) is 44.6. The van der Waals surface area contributed by atoms with Crippen LogP contribution in [0.15, 0.2) is 212 Å². The van der Waals surface area contributed by atoms with E-state index in [-0.39, 0.29) is 75.0 Å². The number of ether oxygens (including phenoxy) is 5. The van der Waals surface area contributed by atoms with Crippen molar-refractivity contribution in [3.8, 4) is 65.8 Å². The van der Waals surface area contributed by atoms with Crippen LogP contribution < -0.4 is 36.9 Å². The van der Waals surface area contributed by atoms with Gasteiger partial charge in [-0.2, -0.15) is 8.42 Å². The van der Waals surface area contributed by atoms with Crippen molar-refractivity contribution in [1.82, 2.24) is 16.0 Å². The second-order valence-electron chi connectivity index (χ2n) is 26.2. The van der Waals surface area contributed by atoms with Gasteiger partial charge in [-0.3, -0.25) is 9.11 Å². The predicted octanol–water partition coefficient (Wildman–Crippen LogP) is 20.6. The topological polar surface area (TPSA) is 487 Å². The van der Waals surface area contributed by atoms with Gasteiger partial charge in [-0.25, -0.2) is 38.4 Å². The number of nitrogens with one attached hydrogen (secondary N) is 3. The predicted molar refractivity (Wildman–Crippen MR) is 495 cm³/mol. The zero-order valence-electron chi connectivity index (χ0n) is 69.6. The molecule has 0 saturated carbocycles. The molecule has 0 unspecified atom stereocenters. The van der Waals surface area contributed by atoms with Gasteiger partial charge >= 0.3 is 58.5 Å². The van der Waals surface area contributed by atoms with E-state index in [1.807, 2.05) is 148 Å². The van der Waals surface area contributed by atoms with E-state index in [1.54, 1.807) is 166 Å². The quantitative estimate of drug-likeness (QED) is 0.0151. The standard InChI is InChI=1S/C17H12O2S3.C16H10O3S3.C9H6OS3.C8H8O2.2C7H6O3.3C6H13NO2.2CH5N.H2O4S/c1-11-4-2-3-5-14(11)17(18)19-13-8-6-12(7-9-13)15-10-16(20)22-21-15;17-13-4-2-1-3-12(13)16(18)19-11-7-5-10(6-8-11)14-9-15(20)22-21-14;10-7-3-1-6(2-4-7)8-5-9(11)13-12-8;1-6-4-2-3-5-7(6)8(9)10;2*8-6-4-2-1-3-5(6)7(9)10;3*1-6(2,3)9-5(8)7-4;2*1-2;1-5(2,3)4/h2-10H,1H3;1-9,17H;1-5,10H;2-5H,1H3,(H,9,10);2*1-4,8H,(H,9,10);3*1-4H3,(H,7,8);2*2H2,1H3;(H2,1,2,3,4). The minimum atomic E-state index is -4.67. The summed E-state index contributed by atoms with van der Waals surface area (Å²) in [5, 5.41) is 69.0. The Labute approximate surface area is 750 Å². The maximum Gasteiger partial charge on any atom is 0.407 e. The van der Waals surface area contributed by atoms with E-state index >= 15 is 0 Å². The van der Waals surface area contributed by atoms with E-state index in [9.17, 15) is 43.5 Å². The number of amides is 3. The molecule has 11 aromatic rings. The lowest BCUT2D eigenvalue weighted by molar-refractivity contribution is 0.0530. The Morgan fingerprint density at radius 1 is 0.350 bits per heavy atom. The third-order valence-corrected chi connectivity index (χ3v) is 21.9. The van der Waals surface area contributed by atoms with Gasteiger partial charge in [0.1, 0.15) is 79.5 Å². The van der Waals surface area contributed by atoms with Crippen molar-refractivity contribution in [2.75, 3.05) is 35.2 Å². The van der Waals surface area contributed by atoms with Crippen LogP contribution in [0.2, 0.25) is 0 Å². The van der Waals surface area contributed by atoms with Crippen LogP contribution in [0.1, 0.15) is 125 Å². The van der Waals surface area contributed by atoms with Crippen LogP contribution in [-0.4, -0.2) is 153 Å². The normalized spacial score (nSPS) is 9.95. The van der Waals surface area contributed by atoms with Crippen molar-refractivity contribution in [2.24, 2.45) is 11.5 Å². The molecule has 16 N–H and O–H groups in total. The first kappa shape index (κ1) is 112. The van der Waals surface area contributed by atoms with Crippen LogP contribution in [0, 0.1) is 25.3 Å². The number of benzene rings is 8. The van der Waals surface area contributed by atoms with Crippen molar-refractivity contribution < 1.29 is 115 Å². The maximum atomic E-state index is 12.2. The lowest BCUT2D eigenvalue weighted by Gasteiger charge is -2.18. The second kappa shape index (κ2) is 57.9. The lowest BCUT2D eigenvalue weighted by atomic mass is 10.1. The molecule has 123 heavy (non-hydrogen) atoms. The molecule has 3 aromatic heterocycles. The van der Waals surface area contributed by atoms with Crippen LogP contribution in [-0.2, 0) is 24.6 Å². The third kappa shape index (κ3) is 50.0. The molecule has 39 heteroatoms. The largest absolute Gasteiger partial charge is 0.508 e. The first-order chi connectivity index (χ1) is 57.5. The highest BCUT2D eigenvalue weighted by molar-refractivity contribution is 7.81. The average Bonchev–Trinajstić information content (AvgIpc) is 1.79. The van der Waals surface area contributed by atoms with Crippen molar-refractivity contribution in [3.05, 3.63) is 263 Å². The summed E-state index contributed by atoms with van der Waals surface area (Å²) in [5.74, 6) is -3.25. The lowest BCUT2D eigenvalue weighted by Crippen LogP contribution is -2.30. The summed E-state index contributed by atoms with van der Waals surface area (Å²) in [7, 11) is 12.6. The van der Waals surface area contributed by atoms with Crippen molar-refractivity contribution >= 4 is 157 Å². The van der Waals surface area contributed by atoms with E-state index in [0.717, 1.165) is 53.9 Å². The third-order valence-electron chi connectivity index (χ3n) is 13.2. The number of aromatic carboxylic acids is 3. The number of para-hydroxylation sites is 3. The molecule has 0 fully saturated rings. The van der Waals surface area contributed by atoms with Crippen LogP contribution in [0.5, 0.6) is 34.5 Å². The molecule has 0 saturated heterocycles. The molecule has 29 nitrogen and oxygen atoms in total. The highest BCUT2D eigenvalue weighted by Gasteiger charge is 2.18. The maximum absolute atomic E-state index is 12.2. The van der Waals surface area contributed by atoms with Gasteiger partial charge in [0.2, 0.25) is 0 Å². The molecule has 0 bridgehead atoms. The summed E-state index contributed by atoms with van der Waals surface area (Å²) < 4.78 is 59.4. The summed E-state index contributed by atoms with van der Waals surface area (Å²) >= 11 is 15.3. The smallest absolute Gasteiger partial charge is 0.407 e. The van der Waals surface area contributed by atoms with Gasteiger partial charge in [-0.15, -0.1) is 0 Å². The fraction of sp³-hybridized carbons (Fsp3) is 0.226. The Morgan fingerprint density at radius 3 is 0.780 bits per heavy atom. The number of esters is 2. The molecule has 0 aliphatic rings. The van der Waals surface area contributed by atoms with Crippen molar-refractivity contribution in [3.63, 3.8) is 0 Å². The zero-order chi connectivity index (χ0) is 94.0. The number of hydrogen-bond acceptors (Lipinski definition) is 30. The SMILES string of the molecule is CN.CN.CNC(=O)OC(C)(C)C.CNC(=O)OC(C)(C)C.CNC(=O)OC(C)(C)C.Cc1ccccc1C(=O)O.Cc1ccccc1C(=O)Oc1ccc(-c2cc(=S)ss2)cc1.O=C(O)c1ccccc1O.O=C(O)c1ccccc1O.O=C(Oc1ccc(-c2cc(=S)ss2)cc1)c1ccccc1O.O=S(=O)(O)O.Oc1ccc(-c2cc(=S)ss2)cc1. The molecule has 0 radical (unpaired) electrons. The van der Waals surface area contributed by atoms with Gasteiger partial charge in [0.05, 0.1) is 11.1 Å². The summed E-state index contributed by atoms with van der Waals surface area (Å²) in [5.41, 5.74) is 13.7. The number of aromatic hydroxyl groups is 4. The fourth-order valence-corrected chi connectivity index (χ4v) is 15.2. The van der Waals surface area contributed by atoms with E-state index in [0.29, 0.717) is 28.4 Å². The number of carboxylic acids is 3. The number of phenolic OH excluding ortho intramolecular Hbond substituents is 2. The van der Waals surface area contributed by atoms with Crippen LogP contribution >= 0.6 is 98.7 Å². The summed E-state index contributed by atoms with van der Waals surface area (Å²) in [6.45, 7) is 20.1. The van der Waals surface area contributed by atoms with Gasteiger partial charge in [-0.1, -0.05) is 171 Å². The molecular weight excluding hydrogens is 1780 g/mol. The number of rotatable bonds is 10. The highest BCUT2D eigenvalue weighted by atomic mass is 32.9. The van der Waals surface area contributed by atoms with E-state index in [4.69, 9.17) is 109 Å². The zero-order valence-corrected chi connectivity index (χ0v) is 77.8. The van der Waals surface area contributed by atoms with Gasteiger partial charge < -0.3 is 86.8 Å². The molecule has 0 spiro atoms. The Bertz CT molecular complexity index is 5040. The number of alkyl carbamates (subject to hydrolysis) is 3. The van der Waals surface area contributed by atoms with Crippen LogP contribution in [0.25, 0.3) is 31.3 Å². The summed E-state index contributed by atoms with van der Waals surface area (Å²) in [6.07, 6.45) is -1.16. The molecule has 11 rings (SSSR count). The second-order valence-corrected chi connectivity index (χ2v) is 35.8. The van der Waals surface area contributed by atoms with E-state index in [1.165, 1.54) is 71.6 Å². The number of phenols is 4. The Balaban J connectivity index is 0.00000138. The van der Waals surface area contributed by atoms with E-state index < -0.39 is 34.3 Å². The number of hydrogen-bond donors (Lipinski definition) is 14. The molecule has 0 atom stereocenters. The van der Waals surface area contributed by atoms with Crippen molar-refractivity contribution in [1.29, 1.82) is 0 Å². The number of nitrogens with two attached hydrogens (primary N) is 2. The number of aryl methyl sites for hydroxylation is 2. The number of carbonyl (C=O) groups is 8. The van der Waals surface area contributed by atoms with Gasteiger partial charge in [0.25, 0.3) is 0 Å². The first-order valence-electron chi connectivity index (χ1n) is 35.5. The molecular formula is C84H99N5O24S10. The fourth-order valence-electron chi connectivity index (χ4n) is 8.00. The highest BCUT2D eigenvalue weighted by Crippen LogP contribution is 2.34. The van der Waals surface area contributed by atoms with Gasteiger partial charge in [0, 0.05) is 35.8 Å². The van der Waals surface area contributed by atoms with Crippen LogP contribution in [0.4, 0.5) is 14.4 Å².